The van der Waals surface area contributed by atoms with Gasteiger partial charge in [0.1, 0.15) is 0 Å². The predicted octanol–water partition coefficient (Wildman–Crippen LogP) is -1.68. The van der Waals surface area contributed by atoms with E-state index in [0.29, 0.717) is 26.1 Å². The lowest BCUT2D eigenvalue weighted by atomic mass is 9.79. The minimum absolute atomic E-state index is 0.0123. The molecule has 0 unspecified atom stereocenters. The molecule has 1 aliphatic heterocycles. The first kappa shape index (κ1) is 16.9. The summed E-state index contributed by atoms with van der Waals surface area (Å²) in [6.07, 6.45) is 1.99. The number of amides is 2. The number of primary amides is 1. The first-order chi connectivity index (χ1) is 9.25. The minimum atomic E-state index is -3.30. The molecule has 0 bridgehead atoms. The lowest BCUT2D eigenvalue weighted by molar-refractivity contribution is -0.134. The van der Waals surface area contributed by atoms with E-state index in [1.807, 2.05) is 0 Å². The average molecular weight is 307 g/mol. The fraction of sp³-hybridized carbons (Fsp3) is 0.818. The Morgan fingerprint density at radius 3 is 2.40 bits per heavy atom. The van der Waals surface area contributed by atoms with Crippen LogP contribution < -0.4 is 15.8 Å². The van der Waals surface area contributed by atoms with Crippen LogP contribution in [-0.2, 0) is 24.3 Å². The zero-order valence-corrected chi connectivity index (χ0v) is 12.3. The van der Waals surface area contributed by atoms with Gasteiger partial charge >= 0.3 is 0 Å². The molecule has 0 radical (unpaired) electrons. The number of nitrogens with two attached hydrogens (primary N) is 1. The molecule has 4 N–H and O–H groups in total. The highest BCUT2D eigenvalue weighted by Gasteiger charge is 2.38. The third-order valence-electron chi connectivity index (χ3n) is 3.31. The van der Waals surface area contributed by atoms with Crippen LogP contribution in [0, 0.1) is 5.41 Å². The van der Waals surface area contributed by atoms with Gasteiger partial charge < -0.3 is 15.8 Å². The predicted molar refractivity (Wildman–Crippen MR) is 72.2 cm³/mol. The van der Waals surface area contributed by atoms with Crippen molar-refractivity contribution in [2.75, 3.05) is 32.6 Å². The number of carbonyl (C=O) groups is 2. The van der Waals surface area contributed by atoms with Crippen LogP contribution in [0.15, 0.2) is 0 Å². The largest absolute Gasteiger partial charge is 0.381 e. The van der Waals surface area contributed by atoms with Gasteiger partial charge in [0.05, 0.1) is 11.7 Å². The van der Waals surface area contributed by atoms with Gasteiger partial charge in [-0.3, -0.25) is 9.59 Å². The number of sulfonamides is 1. The molecule has 0 atom stereocenters. The van der Waals surface area contributed by atoms with Gasteiger partial charge in [-0.1, -0.05) is 0 Å². The molecular formula is C11H21N3O5S. The highest BCUT2D eigenvalue weighted by Crippen LogP contribution is 2.29. The van der Waals surface area contributed by atoms with Crippen molar-refractivity contribution in [2.45, 2.75) is 19.3 Å². The van der Waals surface area contributed by atoms with Crippen LogP contribution in [0.25, 0.3) is 0 Å². The van der Waals surface area contributed by atoms with Crippen molar-refractivity contribution in [2.24, 2.45) is 11.1 Å². The van der Waals surface area contributed by atoms with E-state index in [1.54, 1.807) is 0 Å². The van der Waals surface area contributed by atoms with Crippen LogP contribution in [0.2, 0.25) is 0 Å². The van der Waals surface area contributed by atoms with Crippen molar-refractivity contribution in [3.8, 4) is 0 Å². The number of ether oxygens (including phenoxy) is 1. The Morgan fingerprint density at radius 1 is 1.30 bits per heavy atom. The fourth-order valence-electron chi connectivity index (χ4n) is 1.98. The molecule has 0 aromatic rings. The molecule has 9 heteroatoms. The molecule has 1 saturated heterocycles. The van der Waals surface area contributed by atoms with Crippen LogP contribution in [0.5, 0.6) is 0 Å². The maximum Gasteiger partial charge on any atom is 0.225 e. The lowest BCUT2D eigenvalue weighted by Gasteiger charge is -2.34. The molecule has 8 nitrogen and oxygen atoms in total. The standard InChI is InChI=1S/C11H21N3O5S/c1-20(17,18)14-5-2-9(15)13-8-11(10(12)16)3-6-19-7-4-11/h14H,2-8H2,1H3,(H2,12,16)(H,13,15). The van der Waals surface area contributed by atoms with E-state index in [4.69, 9.17) is 10.5 Å². The summed E-state index contributed by atoms with van der Waals surface area (Å²) in [7, 11) is -3.30. The number of nitrogens with one attached hydrogen (secondary N) is 2. The monoisotopic (exact) mass is 307 g/mol. The SMILES string of the molecule is CS(=O)(=O)NCCC(=O)NCC1(C(N)=O)CCOCC1. The fourth-order valence-corrected chi connectivity index (χ4v) is 2.45. The molecule has 0 spiro atoms. The van der Waals surface area contributed by atoms with E-state index < -0.39 is 21.3 Å². The molecule has 1 heterocycles. The molecule has 116 valence electrons. The van der Waals surface area contributed by atoms with Gasteiger partial charge in [-0.25, -0.2) is 13.1 Å². The number of hydrogen-bond acceptors (Lipinski definition) is 5. The third kappa shape index (κ3) is 5.43. The van der Waals surface area contributed by atoms with E-state index in [9.17, 15) is 18.0 Å². The Labute approximate surface area is 118 Å². The maximum absolute atomic E-state index is 11.6. The molecule has 0 saturated carbocycles. The first-order valence-corrected chi connectivity index (χ1v) is 8.23. The molecule has 20 heavy (non-hydrogen) atoms. The van der Waals surface area contributed by atoms with Gasteiger partial charge in [0.25, 0.3) is 0 Å². The molecule has 1 aliphatic rings. The number of rotatable bonds is 7. The third-order valence-corrected chi connectivity index (χ3v) is 4.04. The van der Waals surface area contributed by atoms with Gasteiger partial charge in [0.2, 0.25) is 21.8 Å². The highest BCUT2D eigenvalue weighted by atomic mass is 32.2. The van der Waals surface area contributed by atoms with E-state index in [1.165, 1.54) is 0 Å². The average Bonchev–Trinajstić information content (AvgIpc) is 2.36. The summed E-state index contributed by atoms with van der Waals surface area (Å²) in [5.41, 5.74) is 4.64. The van der Waals surface area contributed by atoms with Gasteiger partial charge in [-0.2, -0.15) is 0 Å². The summed E-state index contributed by atoms with van der Waals surface area (Å²) >= 11 is 0. The summed E-state index contributed by atoms with van der Waals surface area (Å²) in [6.45, 7) is 1.06. The van der Waals surface area contributed by atoms with Crippen molar-refractivity contribution in [1.29, 1.82) is 0 Å². The van der Waals surface area contributed by atoms with E-state index in [0.717, 1.165) is 6.26 Å². The Bertz CT molecular complexity index is 457. The summed E-state index contributed by atoms with van der Waals surface area (Å²) in [4.78, 5) is 23.2. The van der Waals surface area contributed by atoms with E-state index in [2.05, 4.69) is 10.0 Å². The van der Waals surface area contributed by atoms with Crippen LogP contribution >= 0.6 is 0 Å². The zero-order chi connectivity index (χ0) is 15.2. The van der Waals surface area contributed by atoms with Gasteiger partial charge in [-0.05, 0) is 12.8 Å². The molecule has 1 rings (SSSR count). The van der Waals surface area contributed by atoms with Crippen molar-refractivity contribution >= 4 is 21.8 Å². The zero-order valence-electron chi connectivity index (χ0n) is 11.5. The Morgan fingerprint density at radius 2 is 1.90 bits per heavy atom. The van der Waals surface area contributed by atoms with Crippen molar-refractivity contribution < 1.29 is 22.7 Å². The molecule has 0 aromatic carbocycles. The Kier molecular flexibility index (Phi) is 5.90. The van der Waals surface area contributed by atoms with E-state index >= 15 is 0 Å². The van der Waals surface area contributed by atoms with Gasteiger partial charge in [0, 0.05) is 32.7 Å². The van der Waals surface area contributed by atoms with Crippen molar-refractivity contribution in [3.63, 3.8) is 0 Å². The van der Waals surface area contributed by atoms with Crippen LogP contribution in [0.1, 0.15) is 19.3 Å². The smallest absolute Gasteiger partial charge is 0.225 e. The topological polar surface area (TPSA) is 128 Å². The van der Waals surface area contributed by atoms with Crippen molar-refractivity contribution in [1.82, 2.24) is 10.0 Å². The Balaban J connectivity index is 2.40. The lowest BCUT2D eigenvalue weighted by Crippen LogP contribution is -2.49. The normalized spacial score (nSPS) is 18.4. The molecular weight excluding hydrogens is 286 g/mol. The van der Waals surface area contributed by atoms with Gasteiger partial charge in [0.15, 0.2) is 0 Å². The second-order valence-electron chi connectivity index (χ2n) is 4.95. The second-order valence-corrected chi connectivity index (χ2v) is 6.78. The highest BCUT2D eigenvalue weighted by molar-refractivity contribution is 7.88. The second kappa shape index (κ2) is 7.00. The minimum Gasteiger partial charge on any atom is -0.381 e. The van der Waals surface area contributed by atoms with Crippen LogP contribution in [-0.4, -0.2) is 52.8 Å². The quantitative estimate of drug-likeness (QED) is 0.518. The Hall–Kier alpha value is -1.19. The summed E-state index contributed by atoms with van der Waals surface area (Å²) in [6, 6.07) is 0. The maximum atomic E-state index is 11.6. The van der Waals surface area contributed by atoms with Crippen LogP contribution in [0.3, 0.4) is 0 Å². The first-order valence-electron chi connectivity index (χ1n) is 6.34. The van der Waals surface area contributed by atoms with E-state index in [-0.39, 0.29) is 25.4 Å². The van der Waals surface area contributed by atoms with Crippen LogP contribution in [0.4, 0.5) is 0 Å². The molecule has 2 amide bonds. The summed E-state index contributed by atoms with van der Waals surface area (Å²) in [5.74, 6) is -0.774. The van der Waals surface area contributed by atoms with Gasteiger partial charge in [-0.15, -0.1) is 0 Å². The summed E-state index contributed by atoms with van der Waals surface area (Å²) in [5, 5.41) is 2.63. The molecule has 0 aliphatic carbocycles. The number of hydrogen-bond donors (Lipinski definition) is 3. The summed E-state index contributed by atoms with van der Waals surface area (Å²) < 4.78 is 29.1. The molecule has 0 aromatic heterocycles. The molecule has 1 fully saturated rings. The van der Waals surface area contributed by atoms with Crippen molar-refractivity contribution in [3.05, 3.63) is 0 Å². The number of carbonyl (C=O) groups excluding carboxylic acids is 2.